The fourth-order valence-electron chi connectivity index (χ4n) is 3.40. The molecule has 0 fully saturated rings. The fraction of sp³-hybridized carbons (Fsp3) is 0.417. The van der Waals surface area contributed by atoms with Crippen molar-refractivity contribution in [3.63, 3.8) is 0 Å². The van der Waals surface area contributed by atoms with Gasteiger partial charge in [-0.15, -0.1) is 0 Å². The largest absolute Gasteiger partial charge is 0.352 e. The van der Waals surface area contributed by atoms with Crippen LogP contribution >= 0.6 is 0 Å². The number of carbonyl (C=O) groups is 2. The van der Waals surface area contributed by atoms with E-state index in [2.05, 4.69) is 5.32 Å². The van der Waals surface area contributed by atoms with Crippen molar-refractivity contribution in [3.05, 3.63) is 66.0 Å². The van der Waals surface area contributed by atoms with Crippen molar-refractivity contribution in [1.82, 2.24) is 14.5 Å². The molecule has 1 N–H and O–H groups in total. The lowest BCUT2D eigenvalue weighted by Gasteiger charge is -2.34. The van der Waals surface area contributed by atoms with E-state index in [1.54, 1.807) is 37.3 Å². The fourth-order valence-corrected chi connectivity index (χ4v) is 4.45. The molecule has 0 unspecified atom stereocenters. The van der Waals surface area contributed by atoms with Gasteiger partial charge in [-0.1, -0.05) is 37.3 Å². The monoisotopic (exact) mass is 492 g/mol. The number of anilines is 1. The molecule has 10 heteroatoms. The predicted octanol–water partition coefficient (Wildman–Crippen LogP) is 2.77. The quantitative estimate of drug-likeness (QED) is 0.522. The predicted molar refractivity (Wildman–Crippen MR) is 131 cm³/mol. The van der Waals surface area contributed by atoms with Crippen LogP contribution < -0.4 is 9.62 Å². The highest BCUT2D eigenvalue weighted by molar-refractivity contribution is 7.90. The van der Waals surface area contributed by atoms with Gasteiger partial charge in [0.1, 0.15) is 18.4 Å². The van der Waals surface area contributed by atoms with Crippen molar-refractivity contribution in [1.29, 1.82) is 0 Å². The molecule has 0 saturated carbocycles. The first-order chi connectivity index (χ1) is 16.0. The van der Waals surface area contributed by atoms with E-state index < -0.39 is 34.5 Å². The van der Waals surface area contributed by atoms with E-state index in [4.69, 9.17) is 0 Å². The molecule has 186 valence electrons. The highest BCUT2D eigenvalue weighted by atomic mass is 32.2. The molecule has 2 aromatic carbocycles. The molecule has 8 nitrogen and oxygen atoms in total. The maximum absolute atomic E-state index is 13.6. The van der Waals surface area contributed by atoms with Crippen LogP contribution in [0.3, 0.4) is 0 Å². The van der Waals surface area contributed by atoms with E-state index in [9.17, 15) is 22.4 Å². The van der Waals surface area contributed by atoms with Crippen LogP contribution in [0.4, 0.5) is 10.1 Å². The molecule has 34 heavy (non-hydrogen) atoms. The van der Waals surface area contributed by atoms with Crippen LogP contribution in [-0.2, 0) is 26.3 Å². The molecule has 0 bridgehead atoms. The maximum Gasteiger partial charge on any atom is 0.304 e. The van der Waals surface area contributed by atoms with E-state index in [1.165, 1.54) is 43.3 Å². The van der Waals surface area contributed by atoms with Gasteiger partial charge in [0.05, 0.1) is 5.69 Å². The third-order valence-corrected chi connectivity index (χ3v) is 6.97. The third-order valence-electron chi connectivity index (χ3n) is 5.15. The number of rotatable bonds is 11. The minimum atomic E-state index is -4.00. The molecule has 1 atom stereocenters. The number of halogens is 1. The lowest BCUT2D eigenvalue weighted by Crippen LogP contribution is -2.54. The summed E-state index contributed by atoms with van der Waals surface area (Å²) in [4.78, 5) is 27.9. The second kappa shape index (κ2) is 11.9. The summed E-state index contributed by atoms with van der Waals surface area (Å²) in [5, 5.41) is 2.82. The smallest absolute Gasteiger partial charge is 0.304 e. The van der Waals surface area contributed by atoms with Gasteiger partial charge in [-0.05, 0) is 50.1 Å². The molecule has 0 aliphatic carbocycles. The average molecular weight is 493 g/mol. The Kier molecular flexibility index (Phi) is 9.57. The molecule has 0 aliphatic rings. The third kappa shape index (κ3) is 7.01. The number of carbonyl (C=O) groups excluding carboxylic acids is 2. The summed E-state index contributed by atoms with van der Waals surface area (Å²) in [5.41, 5.74) is 0.943. The molecule has 2 rings (SSSR count). The van der Waals surface area contributed by atoms with Crippen LogP contribution in [-0.4, -0.2) is 62.2 Å². The molecule has 2 amide bonds. The molecule has 0 aromatic heterocycles. The van der Waals surface area contributed by atoms with Gasteiger partial charge in [0.15, 0.2) is 0 Å². The number of hydrogen-bond donors (Lipinski definition) is 1. The SMILES string of the molecule is CC[C@H](C(=O)NC(C)C)N(Cc1ccc(F)cc1)C(=O)CN(c1ccccc1)S(=O)(=O)N(C)C. The highest BCUT2D eigenvalue weighted by Gasteiger charge is 2.33. The minimum absolute atomic E-state index is 0.0216. The van der Waals surface area contributed by atoms with Gasteiger partial charge in [0.25, 0.3) is 0 Å². The van der Waals surface area contributed by atoms with E-state index in [1.807, 2.05) is 13.8 Å². The van der Waals surface area contributed by atoms with Crippen molar-refractivity contribution >= 4 is 27.7 Å². The molecule has 0 heterocycles. The Balaban J connectivity index is 2.46. The Labute approximate surface area is 201 Å². The van der Waals surface area contributed by atoms with Gasteiger partial charge >= 0.3 is 10.2 Å². The van der Waals surface area contributed by atoms with Crippen molar-refractivity contribution < 1.29 is 22.4 Å². The summed E-state index contributed by atoms with van der Waals surface area (Å²) in [7, 11) is -1.23. The molecule has 0 aliphatic heterocycles. The number of hydrogen-bond acceptors (Lipinski definition) is 4. The summed E-state index contributed by atoms with van der Waals surface area (Å²) in [5.74, 6) is -1.31. The second-order valence-corrected chi connectivity index (χ2v) is 10.4. The van der Waals surface area contributed by atoms with E-state index >= 15 is 0 Å². The highest BCUT2D eigenvalue weighted by Crippen LogP contribution is 2.21. The molecule has 0 saturated heterocycles. The van der Waals surface area contributed by atoms with Gasteiger partial charge < -0.3 is 10.2 Å². The molecule has 0 radical (unpaired) electrons. The van der Waals surface area contributed by atoms with Gasteiger partial charge in [0, 0.05) is 26.7 Å². The number of benzene rings is 2. The maximum atomic E-state index is 13.6. The van der Waals surface area contributed by atoms with Crippen LogP contribution in [0, 0.1) is 5.82 Å². The summed E-state index contributed by atoms with van der Waals surface area (Å²) < 4.78 is 41.6. The van der Waals surface area contributed by atoms with Gasteiger partial charge in [-0.2, -0.15) is 12.7 Å². The van der Waals surface area contributed by atoms with Crippen molar-refractivity contribution in [2.75, 3.05) is 24.9 Å². The first-order valence-electron chi connectivity index (χ1n) is 11.1. The number of nitrogens with zero attached hydrogens (tertiary/aromatic N) is 3. The summed E-state index contributed by atoms with van der Waals surface area (Å²) in [6.45, 7) is 4.93. The first-order valence-corrected chi connectivity index (χ1v) is 12.5. The van der Waals surface area contributed by atoms with Gasteiger partial charge in [0.2, 0.25) is 11.8 Å². The molecule has 2 aromatic rings. The number of amides is 2. The zero-order valence-electron chi connectivity index (χ0n) is 20.2. The Bertz CT molecular complexity index is 1060. The van der Waals surface area contributed by atoms with Crippen molar-refractivity contribution in [2.24, 2.45) is 0 Å². The van der Waals surface area contributed by atoms with Crippen LogP contribution in [0.2, 0.25) is 0 Å². The summed E-state index contributed by atoms with van der Waals surface area (Å²) >= 11 is 0. The Morgan fingerprint density at radius 1 is 1.00 bits per heavy atom. The van der Waals surface area contributed by atoms with Gasteiger partial charge in [-0.3, -0.25) is 9.59 Å². The zero-order valence-corrected chi connectivity index (χ0v) is 21.0. The van der Waals surface area contributed by atoms with Crippen LogP contribution in [0.5, 0.6) is 0 Å². The number of nitrogens with one attached hydrogen (secondary N) is 1. The van der Waals surface area contributed by atoms with Crippen molar-refractivity contribution in [3.8, 4) is 0 Å². The molecular weight excluding hydrogens is 459 g/mol. The first kappa shape index (κ1) is 27.3. The lowest BCUT2D eigenvalue weighted by atomic mass is 10.1. The van der Waals surface area contributed by atoms with E-state index in [0.717, 1.165) is 8.61 Å². The van der Waals surface area contributed by atoms with E-state index in [0.29, 0.717) is 17.7 Å². The Morgan fingerprint density at radius 2 is 1.59 bits per heavy atom. The summed E-state index contributed by atoms with van der Waals surface area (Å²) in [6.07, 6.45) is 0.317. The molecule has 0 spiro atoms. The standard InChI is InChI=1S/C24H33FN4O4S/c1-6-22(24(31)26-18(2)3)28(16-19-12-14-20(25)15-13-19)23(30)17-29(34(32,33)27(4)5)21-10-8-7-9-11-21/h7-15,18,22H,6,16-17H2,1-5H3,(H,26,31)/t22-/m1/s1. The average Bonchev–Trinajstić information content (AvgIpc) is 2.78. The van der Waals surface area contributed by atoms with Crippen LogP contribution in [0.25, 0.3) is 0 Å². The lowest BCUT2D eigenvalue weighted by molar-refractivity contribution is -0.140. The molecular formula is C24H33FN4O4S. The van der Waals surface area contributed by atoms with Crippen LogP contribution in [0.15, 0.2) is 54.6 Å². The zero-order chi connectivity index (χ0) is 25.5. The summed E-state index contributed by atoms with van der Waals surface area (Å²) in [6, 6.07) is 13.0. The number of para-hydroxylation sites is 1. The normalized spacial score (nSPS) is 12.5. The Morgan fingerprint density at radius 3 is 2.09 bits per heavy atom. The van der Waals surface area contributed by atoms with E-state index in [-0.39, 0.29) is 18.5 Å². The Hall–Kier alpha value is -2.98. The van der Waals surface area contributed by atoms with Crippen LogP contribution in [0.1, 0.15) is 32.8 Å². The topological polar surface area (TPSA) is 90.0 Å². The van der Waals surface area contributed by atoms with Crippen molar-refractivity contribution in [2.45, 2.75) is 45.8 Å². The van der Waals surface area contributed by atoms with Gasteiger partial charge in [-0.25, -0.2) is 8.70 Å². The second-order valence-electron chi connectivity index (χ2n) is 8.37. The minimum Gasteiger partial charge on any atom is -0.352 e.